The number of rotatable bonds is 2. The van der Waals surface area contributed by atoms with E-state index in [1.807, 2.05) is 17.8 Å². The number of hydrogen-bond donors (Lipinski definition) is 2. The van der Waals surface area contributed by atoms with Crippen LogP contribution in [0.15, 0.2) is 18.2 Å². The van der Waals surface area contributed by atoms with Crippen molar-refractivity contribution in [2.24, 2.45) is 5.73 Å². The first kappa shape index (κ1) is 14.1. The molecule has 0 aliphatic carbocycles. The van der Waals surface area contributed by atoms with E-state index < -0.39 is 5.91 Å². The van der Waals surface area contributed by atoms with Crippen LogP contribution in [-0.4, -0.2) is 29.5 Å². The normalized spacial score (nSPS) is 18.9. The lowest BCUT2D eigenvalue weighted by Crippen LogP contribution is -2.27. The standard InChI is InChI=1S/C14H21N3OS/c1-14(2)5-6-17(7-8-19-14)12-4-3-10(13(16)18)9-11(12)15/h3-4,9H,5-8,15H2,1-2H3,(H2,16,18). The molecule has 0 unspecified atom stereocenters. The summed E-state index contributed by atoms with van der Waals surface area (Å²) in [7, 11) is 0. The van der Waals surface area contributed by atoms with Crippen molar-refractivity contribution in [2.45, 2.75) is 25.0 Å². The lowest BCUT2D eigenvalue weighted by Gasteiger charge is -2.25. The van der Waals surface area contributed by atoms with Crippen molar-refractivity contribution in [3.63, 3.8) is 0 Å². The lowest BCUT2D eigenvalue weighted by atomic mass is 10.1. The van der Waals surface area contributed by atoms with Gasteiger partial charge in [-0.25, -0.2) is 0 Å². The number of nitrogens with zero attached hydrogens (tertiary/aromatic N) is 1. The topological polar surface area (TPSA) is 72.3 Å². The van der Waals surface area contributed by atoms with Gasteiger partial charge in [0.25, 0.3) is 0 Å². The van der Waals surface area contributed by atoms with Crippen molar-refractivity contribution < 1.29 is 4.79 Å². The molecule has 0 bridgehead atoms. The minimum atomic E-state index is -0.439. The predicted molar refractivity (Wildman–Crippen MR) is 82.7 cm³/mol. The molecule has 19 heavy (non-hydrogen) atoms. The fraction of sp³-hybridized carbons (Fsp3) is 0.500. The third-order valence-corrected chi connectivity index (χ3v) is 4.86. The van der Waals surface area contributed by atoms with E-state index in [0.29, 0.717) is 16.0 Å². The smallest absolute Gasteiger partial charge is 0.248 e. The summed E-state index contributed by atoms with van der Waals surface area (Å²) in [4.78, 5) is 13.4. The SMILES string of the molecule is CC1(C)CCN(c2ccc(C(N)=O)cc2N)CCS1. The van der Waals surface area contributed by atoms with Gasteiger partial charge in [-0.1, -0.05) is 13.8 Å². The Labute approximate surface area is 118 Å². The number of nitrogen functional groups attached to an aromatic ring is 1. The van der Waals surface area contributed by atoms with Crippen LogP contribution in [0.1, 0.15) is 30.6 Å². The third-order valence-electron chi connectivity index (χ3n) is 3.49. The number of hydrogen-bond acceptors (Lipinski definition) is 4. The van der Waals surface area contributed by atoms with Gasteiger partial charge in [0.05, 0.1) is 11.4 Å². The Hall–Kier alpha value is -1.36. The van der Waals surface area contributed by atoms with E-state index in [-0.39, 0.29) is 0 Å². The number of carbonyl (C=O) groups is 1. The molecule has 1 amide bonds. The summed E-state index contributed by atoms with van der Waals surface area (Å²) in [6.45, 7) is 6.52. The van der Waals surface area contributed by atoms with E-state index in [1.165, 1.54) is 0 Å². The number of primary amides is 1. The average molecular weight is 279 g/mol. The van der Waals surface area contributed by atoms with E-state index in [2.05, 4.69) is 18.7 Å². The van der Waals surface area contributed by atoms with E-state index in [4.69, 9.17) is 11.5 Å². The fourth-order valence-electron chi connectivity index (χ4n) is 2.26. The molecule has 5 heteroatoms. The van der Waals surface area contributed by atoms with Gasteiger partial charge in [-0.05, 0) is 24.6 Å². The molecular weight excluding hydrogens is 258 g/mol. The molecule has 0 aromatic heterocycles. The summed E-state index contributed by atoms with van der Waals surface area (Å²) in [5.74, 6) is 0.648. The minimum Gasteiger partial charge on any atom is -0.397 e. The third kappa shape index (κ3) is 3.35. The van der Waals surface area contributed by atoms with Crippen LogP contribution in [0.5, 0.6) is 0 Å². The van der Waals surface area contributed by atoms with Crippen LogP contribution in [0.3, 0.4) is 0 Å². The maximum atomic E-state index is 11.1. The van der Waals surface area contributed by atoms with Crippen LogP contribution in [0, 0.1) is 0 Å². The van der Waals surface area contributed by atoms with Gasteiger partial charge in [-0.15, -0.1) is 0 Å². The Balaban J connectivity index is 2.20. The van der Waals surface area contributed by atoms with Gasteiger partial charge < -0.3 is 16.4 Å². The summed E-state index contributed by atoms with van der Waals surface area (Å²) in [5.41, 5.74) is 13.4. The van der Waals surface area contributed by atoms with E-state index in [1.54, 1.807) is 12.1 Å². The number of benzene rings is 1. The molecule has 4 N–H and O–H groups in total. The van der Waals surface area contributed by atoms with Crippen molar-refractivity contribution in [3.8, 4) is 0 Å². The maximum Gasteiger partial charge on any atom is 0.248 e. The Kier molecular flexibility index (Phi) is 3.94. The molecule has 1 aromatic rings. The molecule has 1 aliphatic heterocycles. The van der Waals surface area contributed by atoms with Crippen molar-refractivity contribution >= 4 is 29.0 Å². The second kappa shape index (κ2) is 5.33. The zero-order valence-electron chi connectivity index (χ0n) is 11.5. The molecular formula is C14H21N3OS. The van der Waals surface area contributed by atoms with Crippen LogP contribution in [0.2, 0.25) is 0 Å². The van der Waals surface area contributed by atoms with Gasteiger partial charge in [-0.3, -0.25) is 4.79 Å². The zero-order valence-corrected chi connectivity index (χ0v) is 12.3. The van der Waals surface area contributed by atoms with Crippen LogP contribution in [0.25, 0.3) is 0 Å². The number of anilines is 2. The van der Waals surface area contributed by atoms with Crippen molar-refractivity contribution in [3.05, 3.63) is 23.8 Å². The highest BCUT2D eigenvalue weighted by Gasteiger charge is 2.24. The maximum absolute atomic E-state index is 11.1. The van der Waals surface area contributed by atoms with Gasteiger partial charge in [0.15, 0.2) is 0 Å². The van der Waals surface area contributed by atoms with Gasteiger partial charge >= 0.3 is 0 Å². The molecule has 1 saturated heterocycles. The first-order valence-corrected chi connectivity index (χ1v) is 7.46. The number of thioether (sulfide) groups is 1. The molecule has 0 saturated carbocycles. The van der Waals surface area contributed by atoms with E-state index >= 15 is 0 Å². The van der Waals surface area contributed by atoms with Crippen LogP contribution in [0.4, 0.5) is 11.4 Å². The van der Waals surface area contributed by atoms with Gasteiger partial charge in [0.1, 0.15) is 0 Å². The van der Waals surface area contributed by atoms with Crippen molar-refractivity contribution in [1.29, 1.82) is 0 Å². The number of amides is 1. The fourth-order valence-corrected chi connectivity index (χ4v) is 3.36. The largest absolute Gasteiger partial charge is 0.397 e. The summed E-state index contributed by atoms with van der Waals surface area (Å²) in [6, 6.07) is 5.32. The highest BCUT2D eigenvalue weighted by Crippen LogP contribution is 2.34. The molecule has 0 spiro atoms. The van der Waals surface area contributed by atoms with E-state index in [0.717, 1.165) is 31.0 Å². The Morgan fingerprint density at radius 2 is 2.11 bits per heavy atom. The van der Waals surface area contributed by atoms with Crippen molar-refractivity contribution in [2.75, 3.05) is 29.5 Å². The monoisotopic (exact) mass is 279 g/mol. The second-order valence-corrected chi connectivity index (χ2v) is 7.29. The Bertz CT molecular complexity index is 488. The molecule has 1 aromatic carbocycles. The molecule has 2 rings (SSSR count). The summed E-state index contributed by atoms with van der Waals surface area (Å²) < 4.78 is 0.316. The quantitative estimate of drug-likeness (QED) is 0.813. The van der Waals surface area contributed by atoms with Crippen molar-refractivity contribution in [1.82, 2.24) is 0 Å². The number of carbonyl (C=O) groups excluding carboxylic acids is 1. The van der Waals surface area contributed by atoms with Gasteiger partial charge in [0.2, 0.25) is 5.91 Å². The number of nitrogens with two attached hydrogens (primary N) is 2. The molecule has 1 fully saturated rings. The Morgan fingerprint density at radius 3 is 2.74 bits per heavy atom. The molecule has 1 aliphatic rings. The van der Waals surface area contributed by atoms with Gasteiger partial charge in [0, 0.05) is 29.2 Å². The van der Waals surface area contributed by atoms with E-state index in [9.17, 15) is 4.79 Å². The molecule has 104 valence electrons. The second-order valence-electron chi connectivity index (χ2n) is 5.48. The van der Waals surface area contributed by atoms with Gasteiger partial charge in [-0.2, -0.15) is 11.8 Å². The van der Waals surface area contributed by atoms with Crippen LogP contribution in [-0.2, 0) is 0 Å². The van der Waals surface area contributed by atoms with Crippen LogP contribution < -0.4 is 16.4 Å². The molecule has 0 radical (unpaired) electrons. The lowest BCUT2D eigenvalue weighted by molar-refractivity contribution is 0.100. The predicted octanol–water partition coefficient (Wildman–Crippen LogP) is 2.09. The Morgan fingerprint density at radius 1 is 1.37 bits per heavy atom. The average Bonchev–Trinajstić information content (AvgIpc) is 2.50. The minimum absolute atomic E-state index is 0.316. The highest BCUT2D eigenvalue weighted by molar-refractivity contribution is 8.00. The van der Waals surface area contributed by atoms with Crippen LogP contribution >= 0.6 is 11.8 Å². The summed E-state index contributed by atoms with van der Waals surface area (Å²) in [5, 5.41) is 0. The molecule has 1 heterocycles. The first-order valence-electron chi connectivity index (χ1n) is 6.47. The molecule has 0 atom stereocenters. The molecule has 4 nitrogen and oxygen atoms in total. The first-order chi connectivity index (χ1) is 8.89. The highest BCUT2D eigenvalue weighted by atomic mass is 32.2. The summed E-state index contributed by atoms with van der Waals surface area (Å²) in [6.07, 6.45) is 1.12. The summed E-state index contributed by atoms with van der Waals surface area (Å²) >= 11 is 2.00. The zero-order chi connectivity index (χ0) is 14.0.